The molecular formula is C28H27F3N4O4. The zero-order valence-electron chi connectivity index (χ0n) is 20.9. The molecule has 39 heavy (non-hydrogen) atoms. The van der Waals surface area contributed by atoms with Gasteiger partial charge in [0.25, 0.3) is 5.82 Å². The predicted molar refractivity (Wildman–Crippen MR) is 137 cm³/mol. The van der Waals surface area contributed by atoms with Gasteiger partial charge in [-0.25, -0.2) is 14.8 Å². The number of ether oxygens (including phenoxy) is 1. The van der Waals surface area contributed by atoms with Crippen LogP contribution in [0.5, 0.6) is 11.5 Å². The van der Waals surface area contributed by atoms with Crippen molar-refractivity contribution in [2.75, 3.05) is 10.6 Å². The number of nitrogens with zero attached hydrogens (tertiary/aromatic N) is 1. The van der Waals surface area contributed by atoms with Crippen LogP contribution >= 0.6 is 0 Å². The lowest BCUT2D eigenvalue weighted by Crippen LogP contribution is -2.32. The van der Waals surface area contributed by atoms with Gasteiger partial charge in [0.1, 0.15) is 11.5 Å². The third-order valence-electron chi connectivity index (χ3n) is 6.93. The van der Waals surface area contributed by atoms with Crippen LogP contribution in [0.25, 0.3) is 0 Å². The number of rotatable bonds is 7. The number of nitrogens with two attached hydrogens (primary N) is 1. The molecule has 1 heterocycles. The van der Waals surface area contributed by atoms with E-state index >= 15 is 0 Å². The average molecular weight is 541 g/mol. The first-order chi connectivity index (χ1) is 18.6. The second-order valence-corrected chi connectivity index (χ2v) is 9.92. The van der Waals surface area contributed by atoms with Gasteiger partial charge in [0.15, 0.2) is 0 Å². The Hall–Kier alpha value is -4.12. The van der Waals surface area contributed by atoms with Crippen molar-refractivity contribution in [1.29, 1.82) is 0 Å². The van der Waals surface area contributed by atoms with Crippen LogP contribution in [0.3, 0.4) is 0 Å². The lowest BCUT2D eigenvalue weighted by atomic mass is 9.83. The number of nitrogens with one attached hydrogen (secondary N) is 2. The Morgan fingerprint density at radius 1 is 0.949 bits per heavy atom. The average Bonchev–Trinajstić information content (AvgIpc) is 3.75. The molecule has 204 valence electrons. The lowest BCUT2D eigenvalue weighted by Gasteiger charge is -2.25. The number of aryl methyl sites for hydroxylation is 1. The van der Waals surface area contributed by atoms with Crippen LogP contribution < -0.4 is 25.8 Å². The summed E-state index contributed by atoms with van der Waals surface area (Å²) >= 11 is 0. The van der Waals surface area contributed by atoms with Crippen LogP contribution in [0.1, 0.15) is 41.5 Å². The minimum absolute atomic E-state index is 0.0578. The van der Waals surface area contributed by atoms with Crippen LogP contribution in [0.2, 0.25) is 0 Å². The second kappa shape index (κ2) is 10.6. The van der Waals surface area contributed by atoms with Gasteiger partial charge < -0.3 is 21.0 Å². The molecular weight excluding hydrogens is 513 g/mol. The highest BCUT2D eigenvalue weighted by Gasteiger charge is 2.34. The molecule has 2 aromatic carbocycles. The van der Waals surface area contributed by atoms with Gasteiger partial charge >= 0.3 is 12.1 Å². The maximum Gasteiger partial charge on any atom is 0.416 e. The SMILES string of the molecule is NCc1cc(NC(=O)C2CCc3ccc(Oc4cc[n+]([O-])c(NC(=O)C5CC5)c4)cc3C2)cc(C(F)(F)F)c1. The molecule has 4 N–H and O–H groups in total. The smallest absolute Gasteiger partial charge is 0.416 e. The number of aromatic nitrogens is 1. The van der Waals surface area contributed by atoms with Gasteiger partial charge in [-0.15, -0.1) is 0 Å². The van der Waals surface area contributed by atoms with Crippen molar-refractivity contribution >= 4 is 23.3 Å². The van der Waals surface area contributed by atoms with Crippen LogP contribution in [0, 0.1) is 17.0 Å². The Kier molecular flexibility index (Phi) is 7.17. The van der Waals surface area contributed by atoms with E-state index < -0.39 is 17.7 Å². The summed E-state index contributed by atoms with van der Waals surface area (Å²) in [6, 6.07) is 11.8. The van der Waals surface area contributed by atoms with Crippen molar-refractivity contribution in [2.45, 2.75) is 44.8 Å². The van der Waals surface area contributed by atoms with E-state index in [0.29, 0.717) is 35.5 Å². The summed E-state index contributed by atoms with van der Waals surface area (Å²) in [7, 11) is 0. The van der Waals surface area contributed by atoms with Gasteiger partial charge in [-0.3, -0.25) is 4.79 Å². The molecule has 0 aliphatic heterocycles. The quantitative estimate of drug-likeness (QED) is 0.297. The lowest BCUT2D eigenvalue weighted by molar-refractivity contribution is -0.590. The van der Waals surface area contributed by atoms with E-state index in [4.69, 9.17) is 10.5 Å². The molecule has 0 bridgehead atoms. The molecule has 1 saturated carbocycles. The third kappa shape index (κ3) is 6.31. The normalized spacial score (nSPS) is 16.8. The maximum atomic E-state index is 13.3. The first kappa shape index (κ1) is 26.5. The number of fused-ring (bicyclic) bond motifs is 1. The topological polar surface area (TPSA) is 120 Å². The van der Waals surface area contributed by atoms with Gasteiger partial charge in [0, 0.05) is 24.2 Å². The number of carbonyl (C=O) groups is 2. The summed E-state index contributed by atoms with van der Waals surface area (Å²) < 4.78 is 46.3. The summed E-state index contributed by atoms with van der Waals surface area (Å²) in [6.07, 6.45) is -0.120. The molecule has 0 spiro atoms. The number of alkyl halides is 3. The minimum atomic E-state index is -4.55. The van der Waals surface area contributed by atoms with Gasteiger partial charge in [-0.1, -0.05) is 6.07 Å². The summed E-state index contributed by atoms with van der Waals surface area (Å²) in [5.41, 5.74) is 6.96. The van der Waals surface area contributed by atoms with Gasteiger partial charge in [-0.05, 0) is 79.1 Å². The third-order valence-corrected chi connectivity index (χ3v) is 6.93. The van der Waals surface area contributed by atoms with E-state index in [-0.39, 0.29) is 41.3 Å². The van der Waals surface area contributed by atoms with Crippen LogP contribution in [0.4, 0.5) is 24.7 Å². The molecule has 1 unspecified atom stereocenters. The first-order valence-electron chi connectivity index (χ1n) is 12.6. The maximum absolute atomic E-state index is 13.3. The van der Waals surface area contributed by atoms with Crippen LogP contribution in [-0.4, -0.2) is 11.8 Å². The van der Waals surface area contributed by atoms with Crippen molar-refractivity contribution in [3.8, 4) is 11.5 Å². The largest absolute Gasteiger partial charge is 0.711 e. The van der Waals surface area contributed by atoms with Gasteiger partial charge in [-0.2, -0.15) is 13.2 Å². The van der Waals surface area contributed by atoms with Crippen LogP contribution in [-0.2, 0) is 35.2 Å². The molecule has 1 atom stereocenters. The standard InChI is InChI=1S/C28H27F3N4O4/c29-28(30,31)21-9-16(15-32)10-22(13-21)33-27(37)19-4-1-17-5-6-23(12-20(17)11-19)39-24-7-8-35(38)25(14-24)34-26(36)18-2-3-18/h5-10,12-14,18-19H,1-4,11,15,32H2,(H,33,37)(H,34,36). The molecule has 5 rings (SSSR count). The minimum Gasteiger partial charge on any atom is -0.711 e. The second-order valence-electron chi connectivity index (χ2n) is 9.92. The van der Waals surface area contributed by atoms with Gasteiger partial charge in [0.05, 0.1) is 23.7 Å². The van der Waals surface area contributed by atoms with Crippen molar-refractivity contribution < 1.29 is 32.2 Å². The molecule has 2 aliphatic carbocycles. The summed E-state index contributed by atoms with van der Waals surface area (Å²) in [5, 5.41) is 17.3. The number of hydrogen-bond donors (Lipinski definition) is 3. The molecule has 1 fully saturated rings. The monoisotopic (exact) mass is 540 g/mol. The fourth-order valence-electron chi connectivity index (χ4n) is 4.64. The number of hydrogen-bond acceptors (Lipinski definition) is 5. The highest BCUT2D eigenvalue weighted by atomic mass is 19.4. The van der Waals surface area contributed by atoms with E-state index in [0.717, 1.165) is 36.1 Å². The Balaban J connectivity index is 1.28. The summed E-state index contributed by atoms with van der Waals surface area (Å²) in [4.78, 5) is 25.1. The van der Waals surface area contributed by atoms with E-state index in [2.05, 4.69) is 10.6 Å². The number of pyridine rings is 1. The van der Waals surface area contributed by atoms with Crippen molar-refractivity contribution in [3.63, 3.8) is 0 Å². The number of benzene rings is 2. The highest BCUT2D eigenvalue weighted by Crippen LogP contribution is 2.34. The predicted octanol–water partition coefficient (Wildman–Crippen LogP) is 4.68. The highest BCUT2D eigenvalue weighted by molar-refractivity contribution is 5.93. The van der Waals surface area contributed by atoms with Crippen molar-refractivity contribution in [1.82, 2.24) is 0 Å². The van der Waals surface area contributed by atoms with Crippen molar-refractivity contribution in [3.05, 3.63) is 82.2 Å². The van der Waals surface area contributed by atoms with Gasteiger partial charge in [0.2, 0.25) is 5.91 Å². The number of anilines is 2. The molecule has 11 heteroatoms. The fraction of sp³-hybridized carbons (Fsp3) is 0.321. The Morgan fingerprint density at radius 3 is 2.41 bits per heavy atom. The Morgan fingerprint density at radius 2 is 1.69 bits per heavy atom. The Bertz CT molecular complexity index is 1420. The molecule has 1 aromatic heterocycles. The van der Waals surface area contributed by atoms with E-state index in [1.807, 2.05) is 12.1 Å². The zero-order valence-corrected chi connectivity index (χ0v) is 20.9. The molecule has 2 amide bonds. The summed E-state index contributed by atoms with van der Waals surface area (Å²) in [6.45, 7) is -0.0863. The zero-order chi connectivity index (χ0) is 27.7. The Labute approximate surface area is 222 Å². The molecule has 3 aromatic rings. The molecule has 0 radical (unpaired) electrons. The summed E-state index contributed by atoms with van der Waals surface area (Å²) in [5.74, 6) is -0.137. The van der Waals surface area contributed by atoms with Crippen LogP contribution in [0.15, 0.2) is 54.7 Å². The molecule has 8 nitrogen and oxygen atoms in total. The molecule has 0 saturated heterocycles. The van der Waals surface area contributed by atoms with E-state index in [1.165, 1.54) is 24.4 Å². The number of halogens is 3. The van der Waals surface area contributed by atoms with E-state index in [9.17, 15) is 28.0 Å². The number of amides is 2. The molecule has 2 aliphatic rings. The van der Waals surface area contributed by atoms with Crippen molar-refractivity contribution in [2.24, 2.45) is 17.6 Å². The van der Waals surface area contributed by atoms with E-state index in [1.54, 1.807) is 6.07 Å². The fourth-order valence-corrected chi connectivity index (χ4v) is 4.64. The first-order valence-corrected chi connectivity index (χ1v) is 12.6. The number of carbonyl (C=O) groups excluding carboxylic acids is 2.